The number of hydrogen-bond donors (Lipinski definition) is 1. The molecule has 2 heterocycles. The average Bonchev–Trinajstić information content (AvgIpc) is 2.06. The summed E-state index contributed by atoms with van der Waals surface area (Å²) in [4.78, 5) is 0. The summed E-state index contributed by atoms with van der Waals surface area (Å²) in [5.41, 5.74) is 6.13. The number of anilines is 1. The van der Waals surface area contributed by atoms with Gasteiger partial charge in [-0.1, -0.05) is 0 Å². The third-order valence-corrected chi connectivity index (χ3v) is 1.11. The van der Waals surface area contributed by atoms with Gasteiger partial charge in [-0.25, -0.2) is 0 Å². The first kappa shape index (κ1) is 5.77. The summed E-state index contributed by atoms with van der Waals surface area (Å²) in [6.07, 6.45) is 0. The van der Waals surface area contributed by atoms with Crippen molar-refractivity contribution < 1.29 is 5.10 Å². The summed E-state index contributed by atoms with van der Waals surface area (Å²) in [6.45, 7) is 0. The second-order valence-electron chi connectivity index (χ2n) is 1.77. The number of nitrogens with zero attached hydrogens (tertiary/aromatic N) is 6. The number of H-pyrrole nitrogens is 1. The van der Waals surface area contributed by atoms with Crippen LogP contribution in [-0.4, -0.2) is 30.9 Å². The molecule has 0 radical (unpaired) electrons. The zero-order valence-electron chi connectivity index (χ0n) is 5.26. The van der Waals surface area contributed by atoms with Gasteiger partial charge in [-0.2, -0.15) is 0 Å². The number of nitrogens with two attached hydrogens (primary N) is 1. The number of nitrogens with one attached hydrogen (secondary N) is 1. The highest BCUT2D eigenvalue weighted by molar-refractivity contribution is 5.75. The Morgan fingerprint density at radius 2 is 1.91 bits per heavy atom. The molecule has 0 aliphatic heterocycles. The minimum Gasteiger partial charge on any atom is -0.366 e. The normalized spacial score (nSPS) is 10.2. The van der Waals surface area contributed by atoms with Crippen LogP contribution in [0.2, 0.25) is 0 Å². The summed E-state index contributed by atoms with van der Waals surface area (Å²) < 4.78 is 0. The fraction of sp³-hybridized carbons (Fsp3) is 0. The van der Waals surface area contributed by atoms with Crippen LogP contribution in [0.1, 0.15) is 0 Å². The van der Waals surface area contributed by atoms with E-state index >= 15 is 0 Å². The summed E-state index contributed by atoms with van der Waals surface area (Å²) in [5, 5.41) is 23.2. The molecule has 0 fully saturated rings. The third kappa shape index (κ3) is 0.801. The molecule has 0 aliphatic rings. The van der Waals surface area contributed by atoms with Crippen molar-refractivity contribution in [2.24, 2.45) is 0 Å². The van der Waals surface area contributed by atoms with Crippen LogP contribution < -0.4 is 10.8 Å². The van der Waals surface area contributed by atoms with E-state index in [0.29, 0.717) is 11.2 Å². The van der Waals surface area contributed by atoms with Crippen LogP contribution in [0.15, 0.2) is 0 Å². The van der Waals surface area contributed by atoms with E-state index in [0.717, 1.165) is 0 Å². The van der Waals surface area contributed by atoms with Crippen molar-refractivity contribution in [3.8, 4) is 0 Å². The molecule has 11 heavy (non-hydrogen) atoms. The predicted octanol–water partition coefficient (Wildman–Crippen LogP) is -2.39. The van der Waals surface area contributed by atoms with E-state index < -0.39 is 0 Å². The van der Waals surface area contributed by atoms with Crippen molar-refractivity contribution in [2.45, 2.75) is 0 Å². The van der Waals surface area contributed by atoms with Gasteiger partial charge in [-0.05, 0) is 5.21 Å². The van der Waals surface area contributed by atoms with Gasteiger partial charge in [0.15, 0.2) is 0 Å². The predicted molar refractivity (Wildman–Crippen MR) is 31.7 cm³/mol. The van der Waals surface area contributed by atoms with E-state index in [1.807, 2.05) is 0 Å². The second kappa shape index (κ2) is 2.01. The van der Waals surface area contributed by atoms with E-state index in [4.69, 9.17) is 5.73 Å². The molecular weight excluding hydrogens is 148 g/mol. The molecule has 0 unspecified atom stereocenters. The lowest BCUT2D eigenvalue weighted by molar-refractivity contribution is -0.436. The van der Waals surface area contributed by atoms with Gasteiger partial charge < -0.3 is 5.73 Å². The second-order valence-corrected chi connectivity index (χ2v) is 1.77. The maximum Gasteiger partial charge on any atom is 0.340 e. The van der Waals surface area contributed by atoms with E-state index in [1.54, 1.807) is 0 Å². The van der Waals surface area contributed by atoms with Crippen LogP contribution in [0.25, 0.3) is 11.2 Å². The first-order chi connectivity index (χ1) is 5.38. The summed E-state index contributed by atoms with van der Waals surface area (Å²) in [6, 6.07) is 0. The lowest BCUT2D eigenvalue weighted by Gasteiger charge is -1.84. The fourth-order valence-corrected chi connectivity index (χ4v) is 0.646. The number of aromatic nitrogens is 7. The molecule has 8 heteroatoms. The Morgan fingerprint density at radius 1 is 1.09 bits per heavy atom. The van der Waals surface area contributed by atoms with E-state index in [2.05, 4.69) is 36.0 Å². The van der Waals surface area contributed by atoms with Crippen molar-refractivity contribution in [1.82, 2.24) is 30.9 Å². The maximum atomic E-state index is 5.39. The van der Waals surface area contributed by atoms with Crippen LogP contribution in [0.3, 0.4) is 0 Å². The zero-order chi connectivity index (χ0) is 7.68. The minimum absolute atomic E-state index is 0.182. The van der Waals surface area contributed by atoms with Gasteiger partial charge in [0.2, 0.25) is 5.52 Å². The van der Waals surface area contributed by atoms with E-state index in [1.165, 1.54) is 0 Å². The molecule has 0 amide bonds. The zero-order valence-corrected chi connectivity index (χ0v) is 5.26. The highest BCUT2D eigenvalue weighted by atomic mass is 15.5. The molecule has 2 aromatic rings. The quantitative estimate of drug-likeness (QED) is 0.446. The molecule has 0 spiro atoms. The Hall–Kier alpha value is -1.99. The van der Waals surface area contributed by atoms with Crippen molar-refractivity contribution in [1.29, 1.82) is 0 Å². The van der Waals surface area contributed by atoms with Crippen LogP contribution in [0.4, 0.5) is 5.82 Å². The van der Waals surface area contributed by atoms with Gasteiger partial charge in [0.1, 0.15) is 0 Å². The van der Waals surface area contributed by atoms with Gasteiger partial charge in [0.05, 0.1) is 10.4 Å². The molecular formula is C3H3N8+. The number of hydrogen-bond acceptors (Lipinski definition) is 7. The highest BCUT2D eigenvalue weighted by Crippen LogP contribution is 2.02. The molecule has 2 aromatic heterocycles. The fourth-order valence-electron chi connectivity index (χ4n) is 0.646. The topological polar surface area (TPSA) is 118 Å². The largest absolute Gasteiger partial charge is 0.366 e. The Bertz CT molecular complexity index is 378. The lowest BCUT2D eigenvalue weighted by Crippen LogP contribution is -2.16. The Balaban J connectivity index is 2.91. The Morgan fingerprint density at radius 3 is 2.73 bits per heavy atom. The summed E-state index contributed by atoms with van der Waals surface area (Å²) in [7, 11) is 0. The SMILES string of the molecule is Nc1nn[nH+]c2nnnnc12. The third-order valence-electron chi connectivity index (χ3n) is 1.11. The van der Waals surface area contributed by atoms with E-state index in [9.17, 15) is 0 Å². The Kier molecular flexibility index (Phi) is 1.05. The van der Waals surface area contributed by atoms with Crippen LogP contribution >= 0.6 is 0 Å². The summed E-state index contributed by atoms with van der Waals surface area (Å²) >= 11 is 0. The standard InChI is InChI=1S/C3H2N8/c4-2-1-3(7-9-6-2)8-11-10-5-1/h(H2,4,6,7,8,10)/p+1. The van der Waals surface area contributed by atoms with Crippen LogP contribution in [0.5, 0.6) is 0 Å². The molecule has 8 nitrogen and oxygen atoms in total. The van der Waals surface area contributed by atoms with Gasteiger partial charge in [-0.3, -0.25) is 0 Å². The molecule has 3 N–H and O–H groups in total. The van der Waals surface area contributed by atoms with Crippen molar-refractivity contribution in [3.05, 3.63) is 0 Å². The monoisotopic (exact) mass is 151 g/mol. The lowest BCUT2D eigenvalue weighted by atomic mass is 10.5. The maximum absolute atomic E-state index is 5.39. The molecule has 0 atom stereocenters. The van der Waals surface area contributed by atoms with E-state index in [-0.39, 0.29) is 5.82 Å². The minimum atomic E-state index is 0.182. The molecule has 0 aromatic carbocycles. The molecule has 0 saturated heterocycles. The van der Waals surface area contributed by atoms with Gasteiger partial charge >= 0.3 is 5.65 Å². The van der Waals surface area contributed by atoms with Gasteiger partial charge in [0.25, 0.3) is 5.82 Å². The molecule has 0 bridgehead atoms. The number of aromatic amines is 1. The Labute approximate surface area is 59.8 Å². The van der Waals surface area contributed by atoms with Crippen molar-refractivity contribution in [2.75, 3.05) is 5.73 Å². The van der Waals surface area contributed by atoms with Gasteiger partial charge in [0, 0.05) is 10.2 Å². The first-order valence-corrected chi connectivity index (χ1v) is 2.73. The van der Waals surface area contributed by atoms with Crippen molar-refractivity contribution >= 4 is 17.0 Å². The number of fused-ring (bicyclic) bond motifs is 1. The van der Waals surface area contributed by atoms with Crippen molar-refractivity contribution in [3.63, 3.8) is 0 Å². The average molecular weight is 151 g/mol. The highest BCUT2D eigenvalue weighted by Gasteiger charge is 2.09. The molecule has 2 rings (SSSR count). The smallest absolute Gasteiger partial charge is 0.340 e. The first-order valence-electron chi connectivity index (χ1n) is 2.73. The molecule has 54 valence electrons. The number of nitrogen functional groups attached to an aromatic ring is 1. The van der Waals surface area contributed by atoms with Gasteiger partial charge in [-0.15, -0.1) is 10.2 Å². The van der Waals surface area contributed by atoms with Crippen LogP contribution in [0, 0.1) is 0 Å². The van der Waals surface area contributed by atoms with Crippen LogP contribution in [-0.2, 0) is 0 Å². The molecule has 0 aliphatic carbocycles. The summed E-state index contributed by atoms with van der Waals surface area (Å²) in [5.74, 6) is 0.182. The molecule has 0 saturated carbocycles. The number of rotatable bonds is 0.